The van der Waals surface area contributed by atoms with Gasteiger partial charge in [0.05, 0.1) is 6.57 Å². The van der Waals surface area contributed by atoms with Gasteiger partial charge in [-0.05, 0) is 12.1 Å². The van der Waals surface area contributed by atoms with E-state index in [0.717, 1.165) is 0 Å². The highest BCUT2D eigenvalue weighted by Gasteiger charge is 2.06. The van der Waals surface area contributed by atoms with E-state index in [1.165, 1.54) is 6.07 Å². The molecule has 56 valence electrons. The Balaban J connectivity index is 3.40. The molecular formula is C7H2Br2FN. The Hall–Kier alpha value is -0.400. The van der Waals surface area contributed by atoms with E-state index in [4.69, 9.17) is 6.57 Å². The van der Waals surface area contributed by atoms with E-state index >= 15 is 0 Å². The van der Waals surface area contributed by atoms with Crippen LogP contribution in [0.3, 0.4) is 0 Å². The van der Waals surface area contributed by atoms with Gasteiger partial charge in [0.1, 0.15) is 5.82 Å². The van der Waals surface area contributed by atoms with Crippen LogP contribution in [-0.2, 0) is 0 Å². The summed E-state index contributed by atoms with van der Waals surface area (Å²) in [5, 5.41) is 0. The van der Waals surface area contributed by atoms with Crippen molar-refractivity contribution in [3.63, 3.8) is 0 Å². The Kier molecular flexibility index (Phi) is 2.63. The van der Waals surface area contributed by atoms with Crippen LogP contribution in [0.4, 0.5) is 10.1 Å². The van der Waals surface area contributed by atoms with Gasteiger partial charge in [0.15, 0.2) is 0 Å². The van der Waals surface area contributed by atoms with Crippen molar-refractivity contribution in [3.05, 3.63) is 38.3 Å². The van der Waals surface area contributed by atoms with Crippen molar-refractivity contribution in [2.75, 3.05) is 0 Å². The molecule has 0 bridgehead atoms. The topological polar surface area (TPSA) is 4.36 Å². The molecule has 0 saturated heterocycles. The smallest absolute Gasteiger partial charge is 0.234 e. The van der Waals surface area contributed by atoms with Crippen molar-refractivity contribution in [1.82, 2.24) is 0 Å². The summed E-state index contributed by atoms with van der Waals surface area (Å²) in [4.78, 5) is 3.02. The first-order chi connectivity index (χ1) is 5.15. The summed E-state index contributed by atoms with van der Waals surface area (Å²) in [6, 6.07) is 2.90. The van der Waals surface area contributed by atoms with Crippen LogP contribution in [0.5, 0.6) is 0 Å². The van der Waals surface area contributed by atoms with Gasteiger partial charge in [-0.15, -0.1) is 0 Å². The fraction of sp³-hybridized carbons (Fsp3) is 0. The highest BCUT2D eigenvalue weighted by molar-refractivity contribution is 9.11. The van der Waals surface area contributed by atoms with Crippen LogP contribution in [0.15, 0.2) is 21.1 Å². The molecule has 1 aromatic rings. The molecular weight excluding hydrogens is 277 g/mol. The van der Waals surface area contributed by atoms with Gasteiger partial charge in [0.25, 0.3) is 0 Å². The quantitative estimate of drug-likeness (QED) is 0.634. The van der Waals surface area contributed by atoms with Crippen molar-refractivity contribution in [3.8, 4) is 0 Å². The van der Waals surface area contributed by atoms with Crippen LogP contribution >= 0.6 is 31.9 Å². The number of hydrogen-bond donors (Lipinski definition) is 0. The lowest BCUT2D eigenvalue weighted by molar-refractivity contribution is 0.632. The van der Waals surface area contributed by atoms with Crippen LogP contribution in [0, 0.1) is 12.4 Å². The summed E-state index contributed by atoms with van der Waals surface area (Å²) in [5.74, 6) is -0.513. The Bertz CT molecular complexity index is 307. The minimum Gasteiger partial charge on any atom is -0.234 e. The lowest BCUT2D eigenvalue weighted by Gasteiger charge is -1.97. The second-order valence-electron chi connectivity index (χ2n) is 1.83. The minimum atomic E-state index is -0.513. The standard InChI is InChI=1S/C7H2Br2FN/c1-11-7-5(9)2-4(8)3-6(7)10/h2-3H. The molecule has 0 fully saturated rings. The van der Waals surface area contributed by atoms with Crippen LogP contribution in [0.25, 0.3) is 4.85 Å². The lowest BCUT2D eigenvalue weighted by atomic mass is 10.3. The van der Waals surface area contributed by atoms with Crippen molar-refractivity contribution >= 4 is 37.5 Å². The largest absolute Gasteiger partial charge is 0.235 e. The summed E-state index contributed by atoms with van der Waals surface area (Å²) >= 11 is 6.18. The molecule has 0 aliphatic rings. The molecule has 1 aromatic carbocycles. The minimum absolute atomic E-state index is 0.0215. The van der Waals surface area contributed by atoms with E-state index in [0.29, 0.717) is 8.95 Å². The van der Waals surface area contributed by atoms with Gasteiger partial charge in [0.2, 0.25) is 5.69 Å². The third-order valence-electron chi connectivity index (χ3n) is 1.09. The Morgan fingerprint density at radius 2 is 2.00 bits per heavy atom. The molecule has 0 atom stereocenters. The van der Waals surface area contributed by atoms with Crippen LogP contribution < -0.4 is 0 Å². The number of nitrogens with zero attached hydrogens (tertiary/aromatic N) is 1. The highest BCUT2D eigenvalue weighted by atomic mass is 79.9. The third-order valence-corrected chi connectivity index (χ3v) is 2.16. The van der Waals surface area contributed by atoms with Gasteiger partial charge >= 0.3 is 0 Å². The van der Waals surface area contributed by atoms with Crippen molar-refractivity contribution in [1.29, 1.82) is 0 Å². The van der Waals surface area contributed by atoms with E-state index < -0.39 is 5.82 Å². The van der Waals surface area contributed by atoms with Gasteiger partial charge in [-0.25, -0.2) is 9.24 Å². The highest BCUT2D eigenvalue weighted by Crippen LogP contribution is 2.31. The van der Waals surface area contributed by atoms with E-state index in [2.05, 4.69) is 36.7 Å². The summed E-state index contributed by atoms with van der Waals surface area (Å²) in [6.07, 6.45) is 0. The monoisotopic (exact) mass is 277 g/mol. The maximum absolute atomic E-state index is 12.8. The molecule has 0 heterocycles. The zero-order chi connectivity index (χ0) is 8.43. The van der Waals surface area contributed by atoms with Gasteiger partial charge in [-0.3, -0.25) is 0 Å². The molecule has 0 aliphatic heterocycles. The first kappa shape index (κ1) is 8.69. The van der Waals surface area contributed by atoms with Crippen molar-refractivity contribution in [2.45, 2.75) is 0 Å². The second kappa shape index (κ2) is 3.33. The Labute approximate surface area is 80.3 Å². The van der Waals surface area contributed by atoms with Gasteiger partial charge < -0.3 is 0 Å². The van der Waals surface area contributed by atoms with Gasteiger partial charge in [-0.1, -0.05) is 31.9 Å². The van der Waals surface area contributed by atoms with Crippen molar-refractivity contribution in [2.24, 2.45) is 0 Å². The molecule has 0 radical (unpaired) electrons. The number of rotatable bonds is 0. The zero-order valence-corrected chi connectivity index (χ0v) is 8.41. The normalized spacial score (nSPS) is 9.27. The van der Waals surface area contributed by atoms with Gasteiger partial charge in [-0.2, -0.15) is 0 Å². The van der Waals surface area contributed by atoms with E-state index in [-0.39, 0.29) is 5.69 Å². The van der Waals surface area contributed by atoms with Crippen molar-refractivity contribution < 1.29 is 4.39 Å². The molecule has 0 aromatic heterocycles. The molecule has 1 rings (SSSR count). The molecule has 0 saturated carbocycles. The fourth-order valence-electron chi connectivity index (χ4n) is 0.641. The molecule has 0 N–H and O–H groups in total. The fourth-order valence-corrected chi connectivity index (χ4v) is 1.90. The molecule has 1 nitrogen and oxygen atoms in total. The predicted octanol–water partition coefficient (Wildman–Crippen LogP) is 3.90. The Morgan fingerprint density at radius 3 is 2.45 bits per heavy atom. The first-order valence-electron chi connectivity index (χ1n) is 2.67. The average Bonchev–Trinajstić information content (AvgIpc) is 1.85. The molecule has 11 heavy (non-hydrogen) atoms. The first-order valence-corrected chi connectivity index (χ1v) is 4.25. The van der Waals surface area contributed by atoms with E-state index in [1.54, 1.807) is 6.07 Å². The lowest BCUT2D eigenvalue weighted by Crippen LogP contribution is -1.76. The summed E-state index contributed by atoms with van der Waals surface area (Å²) in [6.45, 7) is 6.64. The van der Waals surface area contributed by atoms with Crippen LogP contribution in [0.2, 0.25) is 0 Å². The second-order valence-corrected chi connectivity index (χ2v) is 3.60. The Morgan fingerprint density at radius 1 is 1.36 bits per heavy atom. The van der Waals surface area contributed by atoms with E-state index in [1.807, 2.05) is 0 Å². The maximum atomic E-state index is 12.8. The van der Waals surface area contributed by atoms with E-state index in [9.17, 15) is 4.39 Å². The zero-order valence-electron chi connectivity index (χ0n) is 5.24. The molecule has 4 heteroatoms. The number of halogens is 3. The summed E-state index contributed by atoms with van der Waals surface area (Å²) in [7, 11) is 0. The molecule has 0 spiro atoms. The number of benzene rings is 1. The molecule has 0 unspecified atom stereocenters. The number of hydrogen-bond acceptors (Lipinski definition) is 0. The van der Waals surface area contributed by atoms with Crippen LogP contribution in [-0.4, -0.2) is 0 Å². The molecule has 0 aliphatic carbocycles. The maximum Gasteiger partial charge on any atom is 0.235 e. The summed E-state index contributed by atoms with van der Waals surface area (Å²) < 4.78 is 13.9. The molecule has 0 amide bonds. The van der Waals surface area contributed by atoms with Crippen LogP contribution in [0.1, 0.15) is 0 Å². The SMILES string of the molecule is [C-]#[N+]c1c(F)cc(Br)cc1Br. The predicted molar refractivity (Wildman–Crippen MR) is 48.1 cm³/mol. The summed E-state index contributed by atoms with van der Waals surface area (Å²) in [5.41, 5.74) is 0.0215. The third kappa shape index (κ3) is 1.79. The van der Waals surface area contributed by atoms with Gasteiger partial charge in [0, 0.05) is 8.95 Å². The average molecular weight is 279 g/mol.